The van der Waals surface area contributed by atoms with E-state index < -0.39 is 15.6 Å². The van der Waals surface area contributed by atoms with Gasteiger partial charge in [-0.1, -0.05) is 0 Å². The van der Waals surface area contributed by atoms with Crippen LogP contribution in [0.4, 0.5) is 0 Å². The molecule has 1 aliphatic heterocycles. The van der Waals surface area contributed by atoms with Crippen LogP contribution in [0.1, 0.15) is 6.92 Å². The van der Waals surface area contributed by atoms with Gasteiger partial charge in [-0.05, 0) is 0 Å². The Morgan fingerprint density at radius 3 is 1.41 bits per heavy atom. The number of hydrogen-bond donors (Lipinski definition) is 3. The molecule has 0 aliphatic carbocycles. The van der Waals surface area contributed by atoms with Crippen LogP contribution < -0.4 is 16.0 Å². The number of halogens is 3. The summed E-state index contributed by atoms with van der Waals surface area (Å²) < 4.78 is 2.89. The van der Waals surface area contributed by atoms with Gasteiger partial charge in [0.2, 0.25) is 0 Å². The molecule has 5 nitrogen and oxygen atoms in total. The quantitative estimate of drug-likeness (QED) is 0.598. The van der Waals surface area contributed by atoms with Crippen molar-refractivity contribution in [3.05, 3.63) is 0 Å². The van der Waals surface area contributed by atoms with E-state index in [4.69, 9.17) is 0 Å². The largest absolute Gasteiger partial charge is 0.147 e. The van der Waals surface area contributed by atoms with E-state index in [1.165, 1.54) is 0 Å². The zero-order chi connectivity index (χ0) is 14.4. The van der Waals surface area contributed by atoms with Gasteiger partial charge in [0.15, 0.2) is 0 Å². The molecule has 0 bridgehead atoms. The second-order valence-corrected chi connectivity index (χ2v) is 18.4. The molecule has 0 saturated carbocycles. The summed E-state index contributed by atoms with van der Waals surface area (Å²) in [6.07, 6.45) is 0. The van der Waals surface area contributed by atoms with Gasteiger partial charge in [-0.25, -0.2) is 0 Å². The number of nitrogens with zero attached hydrogens (tertiary/aromatic N) is 1. The van der Waals surface area contributed by atoms with Crippen LogP contribution in [0, 0.1) is 0 Å². The minimum absolute atomic E-state index is 0. The Bertz CT molecular complexity index is 301. The van der Waals surface area contributed by atoms with Gasteiger partial charge in [0, 0.05) is 0 Å². The standard InChI is InChI=1S/C8H19N4.C2H3O.3CH3.3ClH.Ti/c1-2-10-5-6-12-8-7-11-4-3-9-1;1-2-3;;;;;;;/h9-11H,1-8H2;1H3;3*1H3;3*1H;/q-1;;;;;;;;+1. The molecule has 1 aliphatic rings. The minimum Gasteiger partial charge on any atom is -0.147 e. The summed E-state index contributed by atoms with van der Waals surface area (Å²) in [5.41, 5.74) is 0. The van der Waals surface area contributed by atoms with Gasteiger partial charge in [-0.3, -0.25) is 0 Å². The van der Waals surface area contributed by atoms with Crippen molar-refractivity contribution >= 4 is 41.3 Å². The molecular weight excluding hydrogens is 382 g/mol. The molecule has 0 aromatic heterocycles. The molecule has 0 atom stereocenters. The fraction of sp³-hybridized carbons (Fsp3) is 0.923. The van der Waals surface area contributed by atoms with Crippen molar-refractivity contribution in [1.29, 1.82) is 0 Å². The molecule has 1 rings (SSSR count). The van der Waals surface area contributed by atoms with E-state index in [9.17, 15) is 4.79 Å². The van der Waals surface area contributed by atoms with Gasteiger partial charge in [-0.2, -0.15) is 0 Å². The summed E-state index contributed by atoms with van der Waals surface area (Å²) in [4.78, 5) is 12.2. The fourth-order valence-corrected chi connectivity index (χ4v) is 5.76. The molecule has 0 aromatic rings. The van der Waals surface area contributed by atoms with Crippen molar-refractivity contribution in [3.8, 4) is 0 Å². The van der Waals surface area contributed by atoms with Crippen LogP contribution in [0.2, 0.25) is 15.7 Å². The Morgan fingerprint density at radius 2 is 1.09 bits per heavy atom. The first-order valence-corrected chi connectivity index (χ1v) is 13.6. The van der Waals surface area contributed by atoms with Crippen LogP contribution in [-0.4, -0.2) is 59.8 Å². The van der Waals surface area contributed by atoms with Crippen molar-refractivity contribution < 1.29 is 20.4 Å². The summed E-state index contributed by atoms with van der Waals surface area (Å²) in [7, 11) is 0. The summed E-state index contributed by atoms with van der Waals surface area (Å²) in [6, 6.07) is 0. The molecule has 0 spiro atoms. The topological polar surface area (TPSA) is 56.4 Å². The minimum atomic E-state index is -3.12. The van der Waals surface area contributed by atoms with Crippen LogP contribution in [0.25, 0.3) is 0 Å². The second kappa shape index (κ2) is 12.5. The number of hydrogen-bond acceptors (Lipinski definition) is 5. The molecule has 0 amide bonds. The zero-order valence-corrected chi connectivity index (χ0v) is 18.2. The third-order valence-corrected chi connectivity index (χ3v) is 12.3. The molecule has 22 heavy (non-hydrogen) atoms. The van der Waals surface area contributed by atoms with E-state index in [-0.39, 0.29) is 37.2 Å². The van der Waals surface area contributed by atoms with Gasteiger partial charge in [0.05, 0.1) is 0 Å². The van der Waals surface area contributed by atoms with Crippen LogP contribution in [0.5, 0.6) is 0 Å². The van der Waals surface area contributed by atoms with E-state index in [2.05, 4.69) is 35.0 Å². The maximum Gasteiger partial charge on any atom is -0.147 e. The fourth-order valence-electron chi connectivity index (χ4n) is 2.27. The molecule has 1 saturated heterocycles. The first-order chi connectivity index (χ1) is 8.83. The third-order valence-electron chi connectivity index (χ3n) is 4.39. The van der Waals surface area contributed by atoms with E-state index in [0.29, 0.717) is 4.09 Å². The predicted molar refractivity (Wildman–Crippen MR) is 100 cm³/mol. The Kier molecular flexibility index (Phi) is 15.8. The van der Waals surface area contributed by atoms with Crippen molar-refractivity contribution in [2.45, 2.75) is 22.6 Å². The Hall–Kier alpha value is 1.09. The molecule has 0 unspecified atom stereocenters. The van der Waals surface area contributed by atoms with Crippen LogP contribution >= 0.6 is 37.2 Å². The van der Waals surface area contributed by atoms with Gasteiger partial charge in [-0.15, -0.1) is 37.2 Å². The molecule has 1 fully saturated rings. The van der Waals surface area contributed by atoms with E-state index in [0.717, 1.165) is 52.4 Å². The van der Waals surface area contributed by atoms with Gasteiger partial charge in [0.1, 0.15) is 0 Å². The zero-order valence-electron chi connectivity index (χ0n) is 14.2. The Morgan fingerprint density at radius 1 is 0.773 bits per heavy atom. The van der Waals surface area contributed by atoms with E-state index in [1.54, 1.807) is 6.92 Å². The molecule has 9 heteroatoms. The molecular formula is C13H34Cl3N4OTi. The first kappa shape index (κ1) is 27.9. The summed E-state index contributed by atoms with van der Waals surface area (Å²) in [5, 5.41) is 17.0. The molecule has 137 valence electrons. The van der Waals surface area contributed by atoms with Crippen LogP contribution in [0.15, 0.2) is 0 Å². The van der Waals surface area contributed by atoms with Gasteiger partial charge in [0.25, 0.3) is 0 Å². The molecule has 1 heterocycles. The second-order valence-electron chi connectivity index (χ2n) is 6.83. The van der Waals surface area contributed by atoms with Crippen LogP contribution in [0.3, 0.4) is 0 Å². The van der Waals surface area contributed by atoms with E-state index >= 15 is 0 Å². The SMILES string of the molecule is C[C](=O)[Ti]([CH3])([CH3])([CH3])[N]1CCNCCNCCNCC1.Cl.Cl.Cl. The summed E-state index contributed by atoms with van der Waals surface area (Å²) in [6.45, 7) is 9.65. The van der Waals surface area contributed by atoms with Crippen molar-refractivity contribution in [3.63, 3.8) is 0 Å². The number of carbonyl (C=O) groups is 1. The maximum absolute atomic E-state index is 12.2. The van der Waals surface area contributed by atoms with Gasteiger partial charge < -0.3 is 0 Å². The van der Waals surface area contributed by atoms with Crippen molar-refractivity contribution in [2.75, 3.05) is 52.4 Å². The molecule has 0 radical (unpaired) electrons. The summed E-state index contributed by atoms with van der Waals surface area (Å²) in [5.74, 6) is 0. The van der Waals surface area contributed by atoms with Crippen molar-refractivity contribution in [1.82, 2.24) is 19.3 Å². The number of nitrogens with one attached hydrogen (secondary N) is 3. The first-order valence-electron chi connectivity index (χ1n) is 7.43. The van der Waals surface area contributed by atoms with Crippen molar-refractivity contribution in [2.24, 2.45) is 0 Å². The number of rotatable bonds is 2. The van der Waals surface area contributed by atoms with E-state index in [1.807, 2.05) is 0 Å². The molecule has 0 aromatic carbocycles. The maximum atomic E-state index is 12.2. The monoisotopic (exact) mass is 415 g/mol. The third kappa shape index (κ3) is 8.81. The van der Waals surface area contributed by atoms with Crippen LogP contribution in [-0.2, 0) is 20.4 Å². The smallest absolute Gasteiger partial charge is 0.147 e. The normalized spacial score (nSPS) is 20.5. The van der Waals surface area contributed by atoms with Gasteiger partial charge >= 0.3 is 119 Å². The summed E-state index contributed by atoms with van der Waals surface area (Å²) >= 11 is -3.12. The average Bonchev–Trinajstić information content (AvgIpc) is 2.28. The Balaban J connectivity index is -0.00000120. The predicted octanol–water partition coefficient (Wildman–Crippen LogP) is 1.63. The Labute approximate surface area is 155 Å². The average molecular weight is 417 g/mol. The number of carbonyl (C=O) groups excluding carboxylic acids is 1. The molecule has 3 N–H and O–H groups in total.